The first kappa shape index (κ1) is 20.2. The van der Waals surface area contributed by atoms with Crippen molar-refractivity contribution in [2.24, 2.45) is 0 Å². The number of halogens is 1. The number of carboxylic acids is 1. The predicted octanol–water partition coefficient (Wildman–Crippen LogP) is 3.53. The van der Waals surface area contributed by atoms with E-state index < -0.39 is 21.8 Å². The van der Waals surface area contributed by atoms with Gasteiger partial charge in [-0.1, -0.05) is 0 Å². The zero-order valence-electron chi connectivity index (χ0n) is 16.1. The minimum atomic E-state index is -3.70. The Kier molecular flexibility index (Phi) is 5.17. The molecule has 0 amide bonds. The van der Waals surface area contributed by atoms with E-state index in [-0.39, 0.29) is 27.3 Å². The van der Waals surface area contributed by atoms with Gasteiger partial charge < -0.3 is 9.84 Å². The minimum absolute atomic E-state index is 0.0319. The lowest BCUT2D eigenvalue weighted by Gasteiger charge is -2.16. The van der Waals surface area contributed by atoms with E-state index >= 15 is 0 Å². The molecule has 1 N–H and O–H groups in total. The summed E-state index contributed by atoms with van der Waals surface area (Å²) in [6, 6.07) is 9.79. The summed E-state index contributed by atoms with van der Waals surface area (Å²) in [5.41, 5.74) is 0.842. The highest BCUT2D eigenvalue weighted by atomic mass is 32.2. The van der Waals surface area contributed by atoms with Crippen LogP contribution in [0.1, 0.15) is 23.2 Å². The van der Waals surface area contributed by atoms with Crippen molar-refractivity contribution in [3.05, 3.63) is 53.8 Å². The highest BCUT2D eigenvalue weighted by Crippen LogP contribution is 2.30. The van der Waals surface area contributed by atoms with Crippen LogP contribution in [0.25, 0.3) is 22.2 Å². The van der Waals surface area contributed by atoms with Gasteiger partial charge in [-0.25, -0.2) is 22.6 Å². The topological polar surface area (TPSA) is 96.8 Å². The molecule has 0 spiro atoms. The molecule has 2 aromatic carbocycles. The van der Waals surface area contributed by atoms with E-state index in [0.717, 1.165) is 12.8 Å². The first-order valence-corrected chi connectivity index (χ1v) is 10.8. The normalized spacial score (nSPS) is 14.9. The first-order chi connectivity index (χ1) is 14.3. The Labute approximate surface area is 172 Å². The molecule has 0 atom stereocenters. The Morgan fingerprint density at radius 1 is 1.13 bits per heavy atom. The molecule has 4 rings (SSSR count). The summed E-state index contributed by atoms with van der Waals surface area (Å²) in [4.78, 5) is 16.4. The Hall–Kier alpha value is -3.04. The van der Waals surface area contributed by atoms with Gasteiger partial charge >= 0.3 is 5.97 Å². The average Bonchev–Trinajstić information content (AvgIpc) is 3.28. The van der Waals surface area contributed by atoms with E-state index in [1.807, 2.05) is 0 Å². The molecule has 1 aromatic heterocycles. The number of sulfonamides is 1. The molecule has 30 heavy (non-hydrogen) atoms. The van der Waals surface area contributed by atoms with E-state index in [0.29, 0.717) is 24.2 Å². The molecule has 3 aromatic rings. The number of hydrogen-bond acceptors (Lipinski definition) is 5. The molecule has 0 bridgehead atoms. The van der Waals surface area contributed by atoms with E-state index in [1.54, 1.807) is 6.07 Å². The molecule has 0 radical (unpaired) electrons. The van der Waals surface area contributed by atoms with Crippen LogP contribution in [-0.2, 0) is 10.0 Å². The van der Waals surface area contributed by atoms with Crippen LogP contribution < -0.4 is 4.74 Å². The van der Waals surface area contributed by atoms with Crippen molar-refractivity contribution in [1.29, 1.82) is 0 Å². The van der Waals surface area contributed by atoms with Crippen molar-refractivity contribution in [2.45, 2.75) is 17.7 Å². The van der Waals surface area contributed by atoms with E-state index in [9.17, 15) is 22.7 Å². The number of hydrogen-bond donors (Lipinski definition) is 1. The predicted molar refractivity (Wildman–Crippen MR) is 109 cm³/mol. The summed E-state index contributed by atoms with van der Waals surface area (Å²) in [6.07, 6.45) is 1.60. The van der Waals surface area contributed by atoms with E-state index in [1.165, 1.54) is 47.8 Å². The highest BCUT2D eigenvalue weighted by molar-refractivity contribution is 7.89. The minimum Gasteiger partial charge on any atom is -0.494 e. The summed E-state index contributed by atoms with van der Waals surface area (Å²) in [7, 11) is -2.35. The van der Waals surface area contributed by atoms with Crippen molar-refractivity contribution in [1.82, 2.24) is 9.29 Å². The Bertz CT molecular complexity index is 1250. The second kappa shape index (κ2) is 7.66. The molecule has 0 unspecified atom stereocenters. The van der Waals surface area contributed by atoms with Crippen LogP contribution in [0.4, 0.5) is 4.39 Å². The van der Waals surface area contributed by atoms with E-state index in [2.05, 4.69) is 4.98 Å². The third-order valence-corrected chi connectivity index (χ3v) is 7.06. The van der Waals surface area contributed by atoms with Crippen LogP contribution in [0.3, 0.4) is 0 Å². The maximum Gasteiger partial charge on any atom is 0.336 e. The van der Waals surface area contributed by atoms with Crippen LogP contribution in [0.5, 0.6) is 5.75 Å². The maximum absolute atomic E-state index is 14.1. The molecular formula is C21H19FN2O5S. The third-order valence-electron chi connectivity index (χ3n) is 5.16. The molecule has 1 fully saturated rings. The Balaban J connectivity index is 1.86. The van der Waals surface area contributed by atoms with Crippen molar-refractivity contribution in [3.63, 3.8) is 0 Å². The van der Waals surface area contributed by atoms with Gasteiger partial charge in [0.2, 0.25) is 10.0 Å². The van der Waals surface area contributed by atoms with Crippen molar-refractivity contribution < 1.29 is 27.4 Å². The standard InChI is InChI=1S/C21H19FN2O5S/c1-29-20-7-4-13(10-17(20)22)19-12-16(21(25)26)15-11-14(5-6-18(15)23-19)30(27,28)24-8-2-3-9-24/h4-7,10-12H,2-3,8-9H2,1H3,(H,25,26). The van der Waals surface area contributed by atoms with Gasteiger partial charge in [0, 0.05) is 24.0 Å². The average molecular weight is 430 g/mol. The smallest absolute Gasteiger partial charge is 0.336 e. The van der Waals surface area contributed by atoms with Gasteiger partial charge in [0.1, 0.15) is 0 Å². The van der Waals surface area contributed by atoms with Crippen molar-refractivity contribution in [3.8, 4) is 17.0 Å². The monoisotopic (exact) mass is 430 g/mol. The second-order valence-corrected chi connectivity index (χ2v) is 8.94. The Morgan fingerprint density at radius 2 is 1.87 bits per heavy atom. The van der Waals surface area contributed by atoms with Gasteiger partial charge in [0.25, 0.3) is 0 Å². The number of carboxylic acid groups (broad SMARTS) is 1. The van der Waals surface area contributed by atoms with Gasteiger partial charge in [0.05, 0.1) is 28.8 Å². The van der Waals surface area contributed by atoms with Crippen LogP contribution in [0.2, 0.25) is 0 Å². The van der Waals surface area contributed by atoms with Gasteiger partial charge in [-0.15, -0.1) is 0 Å². The number of fused-ring (bicyclic) bond motifs is 1. The lowest BCUT2D eigenvalue weighted by Crippen LogP contribution is -2.27. The number of methoxy groups -OCH3 is 1. The zero-order chi connectivity index (χ0) is 21.5. The molecule has 1 aliphatic rings. The molecule has 1 saturated heterocycles. The molecule has 0 saturated carbocycles. The van der Waals surface area contributed by atoms with Crippen LogP contribution in [0.15, 0.2) is 47.4 Å². The molecule has 0 aliphatic carbocycles. The molecule has 2 heterocycles. The number of nitrogens with zero attached hydrogens (tertiary/aromatic N) is 2. The van der Waals surface area contributed by atoms with Crippen LogP contribution in [0, 0.1) is 5.82 Å². The number of ether oxygens (including phenoxy) is 1. The number of rotatable bonds is 5. The summed E-state index contributed by atoms with van der Waals surface area (Å²) in [5.74, 6) is -1.76. The largest absolute Gasteiger partial charge is 0.494 e. The lowest BCUT2D eigenvalue weighted by atomic mass is 10.0. The number of pyridine rings is 1. The molecular weight excluding hydrogens is 411 g/mol. The molecule has 7 nitrogen and oxygen atoms in total. The SMILES string of the molecule is COc1ccc(-c2cc(C(=O)O)c3cc(S(=O)(=O)N4CCCC4)ccc3n2)cc1F. The number of benzene rings is 2. The lowest BCUT2D eigenvalue weighted by molar-refractivity contribution is 0.0699. The molecule has 9 heteroatoms. The Morgan fingerprint density at radius 3 is 2.50 bits per heavy atom. The third kappa shape index (κ3) is 3.50. The quantitative estimate of drug-likeness (QED) is 0.665. The van der Waals surface area contributed by atoms with Gasteiger partial charge in [-0.2, -0.15) is 4.31 Å². The summed E-state index contributed by atoms with van der Waals surface area (Å²) < 4.78 is 46.1. The van der Waals surface area contributed by atoms with Crippen molar-refractivity contribution >= 4 is 26.9 Å². The van der Waals surface area contributed by atoms with E-state index in [4.69, 9.17) is 4.74 Å². The highest BCUT2D eigenvalue weighted by Gasteiger charge is 2.28. The zero-order valence-corrected chi connectivity index (χ0v) is 16.9. The summed E-state index contributed by atoms with van der Waals surface area (Å²) in [6.45, 7) is 0.902. The molecule has 1 aliphatic heterocycles. The summed E-state index contributed by atoms with van der Waals surface area (Å²) in [5, 5.41) is 9.92. The fourth-order valence-electron chi connectivity index (χ4n) is 3.59. The van der Waals surface area contributed by atoms with Gasteiger partial charge in [-0.3, -0.25) is 0 Å². The first-order valence-electron chi connectivity index (χ1n) is 9.33. The number of carbonyl (C=O) groups is 1. The van der Waals surface area contributed by atoms with Crippen LogP contribution >= 0.6 is 0 Å². The number of aromatic nitrogens is 1. The second-order valence-electron chi connectivity index (χ2n) is 7.00. The maximum atomic E-state index is 14.1. The van der Waals surface area contributed by atoms with Gasteiger partial charge in [0.15, 0.2) is 11.6 Å². The fourth-order valence-corrected chi connectivity index (χ4v) is 5.14. The van der Waals surface area contributed by atoms with Crippen LogP contribution in [-0.4, -0.2) is 49.0 Å². The molecule has 156 valence electrons. The number of aromatic carboxylic acids is 1. The van der Waals surface area contributed by atoms with Gasteiger partial charge in [-0.05, 0) is 55.3 Å². The fraction of sp³-hybridized carbons (Fsp3) is 0.238. The van der Waals surface area contributed by atoms with Crippen molar-refractivity contribution in [2.75, 3.05) is 20.2 Å². The summed E-state index contributed by atoms with van der Waals surface area (Å²) >= 11 is 0.